The number of nitrogens with zero attached hydrogens (tertiary/aromatic N) is 3. The molecule has 2 aromatic carbocycles. The minimum absolute atomic E-state index is 0.0722. The molecule has 0 N–H and O–H groups in total. The van der Waals surface area contributed by atoms with Gasteiger partial charge in [-0.1, -0.05) is 42.9 Å². The molecule has 1 heterocycles. The van der Waals surface area contributed by atoms with Crippen molar-refractivity contribution in [1.82, 2.24) is 9.88 Å². The van der Waals surface area contributed by atoms with Crippen molar-refractivity contribution in [2.75, 3.05) is 43.1 Å². The van der Waals surface area contributed by atoms with Crippen molar-refractivity contribution in [2.45, 2.75) is 23.6 Å². The smallest absolute Gasteiger partial charge is 0.239 e. The Balaban J connectivity index is 1.89. The monoisotopic (exact) mass is 511 g/mol. The average Bonchev–Trinajstić information content (AvgIpc) is 3.19. The van der Waals surface area contributed by atoms with Crippen molar-refractivity contribution in [1.29, 1.82) is 0 Å². The number of rotatable bonds is 10. The van der Waals surface area contributed by atoms with E-state index in [4.69, 9.17) is 11.6 Å². The van der Waals surface area contributed by atoms with Crippen LogP contribution in [0.4, 0.5) is 5.13 Å². The summed E-state index contributed by atoms with van der Waals surface area (Å²) in [6.45, 7) is 7.13. The molecule has 0 radical (unpaired) electrons. The lowest BCUT2D eigenvalue weighted by Crippen LogP contribution is -2.39. The Morgan fingerprint density at radius 3 is 2.41 bits per heavy atom. The number of aromatic nitrogens is 1. The lowest BCUT2D eigenvalue weighted by atomic mass is 10.3. The number of fused-ring (bicyclic) bond motifs is 1. The normalized spacial score (nSPS) is 11.9. The molecule has 3 aromatic rings. The van der Waals surface area contributed by atoms with Crippen molar-refractivity contribution in [3.8, 4) is 0 Å². The highest BCUT2D eigenvalue weighted by molar-refractivity contribution is 8.00. The molecule has 0 atom stereocenters. The second-order valence-corrected chi connectivity index (χ2v) is 11.7. The van der Waals surface area contributed by atoms with Gasteiger partial charge in [-0.15, -0.1) is 11.8 Å². The maximum absolute atomic E-state index is 13.2. The lowest BCUT2D eigenvalue weighted by molar-refractivity contribution is -0.116. The fourth-order valence-corrected chi connectivity index (χ4v) is 6.02. The van der Waals surface area contributed by atoms with Crippen LogP contribution >= 0.6 is 34.7 Å². The Kier molecular flexibility index (Phi) is 8.57. The van der Waals surface area contributed by atoms with Crippen LogP contribution in [0.15, 0.2) is 52.3 Å². The van der Waals surface area contributed by atoms with Gasteiger partial charge in [-0.3, -0.25) is 9.69 Å². The van der Waals surface area contributed by atoms with E-state index in [-0.39, 0.29) is 16.6 Å². The minimum atomic E-state index is -3.43. The molecule has 1 aromatic heterocycles. The maximum Gasteiger partial charge on any atom is 0.239 e. The lowest BCUT2D eigenvalue weighted by Gasteiger charge is -2.24. The first-order valence-electron chi connectivity index (χ1n) is 10.2. The SMILES string of the molecule is CCN(CC)CCN(C(=O)CSc1ccc(Cl)cc1)c1nc2c(S(C)(=O)=O)cccc2s1. The Morgan fingerprint density at radius 1 is 1.09 bits per heavy atom. The molecule has 0 saturated carbocycles. The van der Waals surface area contributed by atoms with Crippen LogP contribution in [0.1, 0.15) is 13.8 Å². The van der Waals surface area contributed by atoms with Gasteiger partial charge in [0.15, 0.2) is 15.0 Å². The van der Waals surface area contributed by atoms with Gasteiger partial charge in [0, 0.05) is 29.3 Å². The summed E-state index contributed by atoms with van der Waals surface area (Å²) in [5.74, 6) is 0.173. The molecule has 10 heteroatoms. The van der Waals surface area contributed by atoms with E-state index in [1.54, 1.807) is 29.2 Å². The molecule has 0 aliphatic carbocycles. The largest absolute Gasteiger partial charge is 0.302 e. The van der Waals surface area contributed by atoms with Crippen molar-refractivity contribution in [3.63, 3.8) is 0 Å². The third-order valence-corrected chi connectivity index (χ3v) is 8.43. The van der Waals surface area contributed by atoms with E-state index in [2.05, 4.69) is 23.7 Å². The van der Waals surface area contributed by atoms with E-state index >= 15 is 0 Å². The highest BCUT2D eigenvalue weighted by atomic mass is 35.5. The van der Waals surface area contributed by atoms with Crippen LogP contribution < -0.4 is 4.90 Å². The first-order chi connectivity index (χ1) is 15.2. The third kappa shape index (κ3) is 6.23. The number of sulfone groups is 1. The number of benzene rings is 2. The highest BCUT2D eigenvalue weighted by Crippen LogP contribution is 2.33. The number of halogens is 1. The third-order valence-electron chi connectivity index (χ3n) is 5.01. The summed E-state index contributed by atoms with van der Waals surface area (Å²) in [6, 6.07) is 12.5. The Labute approximate surface area is 202 Å². The maximum atomic E-state index is 13.2. The van der Waals surface area contributed by atoms with Gasteiger partial charge < -0.3 is 4.90 Å². The second kappa shape index (κ2) is 11.0. The van der Waals surface area contributed by atoms with E-state index in [9.17, 15) is 13.2 Å². The number of anilines is 1. The van der Waals surface area contributed by atoms with Gasteiger partial charge >= 0.3 is 0 Å². The van der Waals surface area contributed by atoms with Crippen LogP contribution in [0.2, 0.25) is 5.02 Å². The van der Waals surface area contributed by atoms with Crippen LogP contribution in [-0.2, 0) is 14.6 Å². The summed E-state index contributed by atoms with van der Waals surface area (Å²) in [5.41, 5.74) is 0.418. The summed E-state index contributed by atoms with van der Waals surface area (Å²) < 4.78 is 25.1. The minimum Gasteiger partial charge on any atom is -0.302 e. The first kappa shape index (κ1) is 25.0. The van der Waals surface area contributed by atoms with E-state index < -0.39 is 9.84 Å². The fourth-order valence-electron chi connectivity index (χ4n) is 3.19. The molecule has 0 spiro atoms. The fraction of sp³-hybridized carbons (Fsp3) is 0.364. The highest BCUT2D eigenvalue weighted by Gasteiger charge is 2.23. The first-order valence-corrected chi connectivity index (χ1v) is 14.3. The van der Waals surface area contributed by atoms with Gasteiger partial charge in [0.05, 0.1) is 15.3 Å². The van der Waals surface area contributed by atoms with Crippen molar-refractivity contribution in [2.24, 2.45) is 0 Å². The number of hydrogen-bond acceptors (Lipinski definition) is 7. The molecular weight excluding hydrogens is 486 g/mol. The molecule has 0 unspecified atom stereocenters. The zero-order valence-corrected chi connectivity index (χ0v) is 21.5. The van der Waals surface area contributed by atoms with E-state index in [0.29, 0.717) is 28.8 Å². The van der Waals surface area contributed by atoms with Crippen molar-refractivity contribution < 1.29 is 13.2 Å². The van der Waals surface area contributed by atoms with Gasteiger partial charge in [-0.25, -0.2) is 13.4 Å². The van der Waals surface area contributed by atoms with Crippen molar-refractivity contribution in [3.05, 3.63) is 47.5 Å². The van der Waals surface area contributed by atoms with Gasteiger partial charge in [-0.2, -0.15) is 0 Å². The number of carbonyl (C=O) groups is 1. The van der Waals surface area contributed by atoms with Gasteiger partial charge in [-0.05, 0) is 49.5 Å². The molecule has 1 amide bonds. The number of thioether (sulfide) groups is 1. The molecule has 3 rings (SSSR count). The molecule has 6 nitrogen and oxygen atoms in total. The Bertz CT molecular complexity index is 1180. The van der Waals surface area contributed by atoms with Crippen LogP contribution in [-0.4, -0.2) is 62.4 Å². The van der Waals surface area contributed by atoms with Crippen LogP contribution in [0.3, 0.4) is 0 Å². The summed E-state index contributed by atoms with van der Waals surface area (Å²) >= 11 is 8.72. The van der Waals surface area contributed by atoms with Crippen LogP contribution in [0, 0.1) is 0 Å². The van der Waals surface area contributed by atoms with E-state index in [0.717, 1.165) is 22.7 Å². The molecule has 0 fully saturated rings. The number of para-hydroxylation sites is 1. The van der Waals surface area contributed by atoms with Crippen molar-refractivity contribution >= 4 is 65.8 Å². The standard InChI is InChI=1S/C22H26ClN3O3S3/c1-4-25(5-2)13-14-26(20(27)15-30-17-11-9-16(23)10-12-17)22-24-21-18(31-22)7-6-8-19(21)32(3,28)29/h6-12H,4-5,13-15H2,1-3H3. The van der Waals surface area contributed by atoms with Gasteiger partial charge in [0.25, 0.3) is 0 Å². The molecule has 0 bridgehead atoms. The average molecular weight is 512 g/mol. The quantitative estimate of drug-likeness (QED) is 0.363. The predicted molar refractivity (Wildman–Crippen MR) is 135 cm³/mol. The van der Waals surface area contributed by atoms with Crippen LogP contribution in [0.25, 0.3) is 10.2 Å². The molecular formula is C22H26ClN3O3S3. The molecule has 32 heavy (non-hydrogen) atoms. The topological polar surface area (TPSA) is 70.6 Å². The van der Waals surface area contributed by atoms with Gasteiger partial charge in [0.1, 0.15) is 5.52 Å². The number of amides is 1. The Morgan fingerprint density at radius 2 is 1.78 bits per heavy atom. The van der Waals surface area contributed by atoms with Gasteiger partial charge in [0.2, 0.25) is 5.91 Å². The number of hydrogen-bond donors (Lipinski definition) is 0. The Hall–Kier alpha value is -1.65. The number of thiazole rings is 1. The summed E-state index contributed by atoms with van der Waals surface area (Å²) in [5, 5.41) is 1.17. The summed E-state index contributed by atoms with van der Waals surface area (Å²) in [6.07, 6.45) is 1.17. The molecule has 0 aliphatic rings. The van der Waals surface area contributed by atoms with E-state index in [1.165, 1.54) is 29.4 Å². The molecule has 0 saturated heterocycles. The number of carbonyl (C=O) groups excluding carboxylic acids is 1. The number of likely N-dealkylation sites (N-methyl/N-ethyl adjacent to an activating group) is 1. The van der Waals surface area contributed by atoms with E-state index in [1.807, 2.05) is 18.2 Å². The molecule has 0 aliphatic heterocycles. The summed E-state index contributed by atoms with van der Waals surface area (Å²) in [7, 11) is -3.43. The second-order valence-electron chi connectivity index (χ2n) is 7.19. The zero-order valence-electron chi connectivity index (χ0n) is 18.2. The zero-order chi connectivity index (χ0) is 23.3. The predicted octanol–water partition coefficient (Wildman–Crippen LogP) is 4.82. The van der Waals surface area contributed by atoms with Crippen LogP contribution in [0.5, 0.6) is 0 Å². The summed E-state index contributed by atoms with van der Waals surface area (Å²) in [4.78, 5) is 22.9. The molecule has 172 valence electrons.